The van der Waals surface area contributed by atoms with Gasteiger partial charge in [0.15, 0.2) is 0 Å². The zero-order chi connectivity index (χ0) is 14.0. The second-order valence-electron chi connectivity index (χ2n) is 3.85. The van der Waals surface area contributed by atoms with E-state index in [0.29, 0.717) is 0 Å². The number of pyridine rings is 1. The standard InChI is InChI=1S/C13H9ClF3NO/c14-8-3-1-4-9(15)13(8)10-5-2-6-12(19)18(10)7-11(16)17/h1-6,11H,7H2. The van der Waals surface area contributed by atoms with Crippen molar-refractivity contribution in [2.24, 2.45) is 0 Å². The summed E-state index contributed by atoms with van der Waals surface area (Å²) in [4.78, 5) is 11.6. The van der Waals surface area contributed by atoms with Crippen LogP contribution >= 0.6 is 11.6 Å². The number of halogens is 4. The van der Waals surface area contributed by atoms with Crippen molar-refractivity contribution in [1.29, 1.82) is 0 Å². The predicted molar refractivity (Wildman–Crippen MR) is 67.1 cm³/mol. The van der Waals surface area contributed by atoms with E-state index < -0.39 is 24.3 Å². The maximum atomic E-state index is 13.8. The van der Waals surface area contributed by atoms with E-state index in [-0.39, 0.29) is 16.3 Å². The monoisotopic (exact) mass is 287 g/mol. The second-order valence-corrected chi connectivity index (χ2v) is 4.25. The number of hydrogen-bond acceptors (Lipinski definition) is 1. The zero-order valence-electron chi connectivity index (χ0n) is 9.62. The van der Waals surface area contributed by atoms with Gasteiger partial charge in [-0.05, 0) is 18.2 Å². The van der Waals surface area contributed by atoms with Crippen LogP contribution in [0.15, 0.2) is 41.2 Å². The molecule has 0 N–H and O–H groups in total. The molecule has 0 amide bonds. The van der Waals surface area contributed by atoms with Gasteiger partial charge in [0.05, 0.1) is 22.8 Å². The van der Waals surface area contributed by atoms with Crippen LogP contribution in [0.5, 0.6) is 0 Å². The van der Waals surface area contributed by atoms with Gasteiger partial charge in [-0.3, -0.25) is 4.79 Å². The number of benzene rings is 1. The first-order valence-electron chi connectivity index (χ1n) is 5.43. The molecular formula is C13H9ClF3NO. The minimum absolute atomic E-state index is 0.0379. The van der Waals surface area contributed by atoms with E-state index in [1.165, 1.54) is 24.3 Å². The molecule has 0 aliphatic heterocycles. The molecule has 0 saturated heterocycles. The fraction of sp³-hybridized carbons (Fsp3) is 0.154. The molecule has 0 fully saturated rings. The van der Waals surface area contributed by atoms with Crippen molar-refractivity contribution in [1.82, 2.24) is 4.57 Å². The van der Waals surface area contributed by atoms with Crippen molar-refractivity contribution in [3.63, 3.8) is 0 Å². The van der Waals surface area contributed by atoms with Crippen molar-refractivity contribution < 1.29 is 13.2 Å². The van der Waals surface area contributed by atoms with Gasteiger partial charge in [-0.1, -0.05) is 23.7 Å². The largest absolute Gasteiger partial charge is 0.302 e. The molecule has 2 nitrogen and oxygen atoms in total. The first-order chi connectivity index (χ1) is 9.00. The highest BCUT2D eigenvalue weighted by molar-refractivity contribution is 6.33. The van der Waals surface area contributed by atoms with Crippen LogP contribution < -0.4 is 5.56 Å². The molecule has 0 saturated carbocycles. The first kappa shape index (κ1) is 13.7. The maximum absolute atomic E-state index is 13.8. The smallest absolute Gasteiger partial charge is 0.256 e. The Labute approximate surface area is 112 Å². The fourth-order valence-electron chi connectivity index (χ4n) is 1.81. The first-order valence-corrected chi connectivity index (χ1v) is 5.81. The molecule has 1 aromatic heterocycles. The summed E-state index contributed by atoms with van der Waals surface area (Å²) in [5.41, 5.74) is -0.643. The average Bonchev–Trinajstić information content (AvgIpc) is 2.32. The lowest BCUT2D eigenvalue weighted by Gasteiger charge is -2.14. The highest BCUT2D eigenvalue weighted by Crippen LogP contribution is 2.29. The second kappa shape index (κ2) is 5.48. The summed E-state index contributed by atoms with van der Waals surface area (Å²) in [6.45, 7) is -0.806. The van der Waals surface area contributed by atoms with Gasteiger partial charge >= 0.3 is 0 Å². The molecule has 19 heavy (non-hydrogen) atoms. The molecule has 0 unspecified atom stereocenters. The van der Waals surface area contributed by atoms with Crippen molar-refractivity contribution in [2.75, 3.05) is 0 Å². The van der Waals surface area contributed by atoms with Crippen LogP contribution in [-0.2, 0) is 6.54 Å². The third-order valence-corrected chi connectivity index (χ3v) is 2.90. The van der Waals surface area contributed by atoms with Gasteiger partial charge in [0.25, 0.3) is 12.0 Å². The van der Waals surface area contributed by atoms with E-state index in [1.54, 1.807) is 0 Å². The highest BCUT2D eigenvalue weighted by atomic mass is 35.5. The molecule has 2 rings (SSSR count). The molecule has 100 valence electrons. The van der Waals surface area contributed by atoms with Crippen LogP contribution in [0.1, 0.15) is 0 Å². The number of hydrogen-bond donors (Lipinski definition) is 0. The average molecular weight is 288 g/mol. The molecule has 1 aromatic carbocycles. The molecule has 0 atom stereocenters. The summed E-state index contributed by atoms with van der Waals surface area (Å²) in [6.07, 6.45) is -2.72. The lowest BCUT2D eigenvalue weighted by atomic mass is 10.1. The fourth-order valence-corrected chi connectivity index (χ4v) is 2.07. The molecule has 0 aliphatic rings. The Morgan fingerprint density at radius 1 is 1.16 bits per heavy atom. The summed E-state index contributed by atoms with van der Waals surface area (Å²) >= 11 is 5.88. The van der Waals surface area contributed by atoms with E-state index in [1.807, 2.05) is 0 Å². The van der Waals surface area contributed by atoms with Crippen molar-refractivity contribution in [3.05, 3.63) is 57.6 Å². The normalized spacial score (nSPS) is 11.0. The van der Waals surface area contributed by atoms with E-state index in [0.717, 1.165) is 16.7 Å². The number of rotatable bonds is 3. The van der Waals surface area contributed by atoms with Crippen molar-refractivity contribution >= 4 is 11.6 Å². The quantitative estimate of drug-likeness (QED) is 0.846. The summed E-state index contributed by atoms with van der Waals surface area (Å²) in [7, 11) is 0. The maximum Gasteiger partial charge on any atom is 0.256 e. The van der Waals surface area contributed by atoms with Gasteiger partial charge in [-0.15, -0.1) is 0 Å². The molecule has 0 spiro atoms. The van der Waals surface area contributed by atoms with Gasteiger partial charge < -0.3 is 4.57 Å². The van der Waals surface area contributed by atoms with E-state index in [4.69, 9.17) is 11.6 Å². The van der Waals surface area contributed by atoms with Crippen LogP contribution in [0.25, 0.3) is 11.3 Å². The SMILES string of the molecule is O=c1cccc(-c2c(F)cccc2Cl)n1CC(F)F. The molecule has 6 heteroatoms. The van der Waals surface area contributed by atoms with E-state index in [9.17, 15) is 18.0 Å². The van der Waals surface area contributed by atoms with Crippen LogP contribution in [0.4, 0.5) is 13.2 Å². The molecule has 0 aliphatic carbocycles. The summed E-state index contributed by atoms with van der Waals surface area (Å²) in [5.74, 6) is -0.666. The number of aromatic nitrogens is 1. The minimum atomic E-state index is -2.72. The summed E-state index contributed by atoms with van der Waals surface area (Å²) in [6, 6.07) is 7.90. The molecule has 0 radical (unpaired) electrons. The van der Waals surface area contributed by atoms with Crippen LogP contribution in [0.3, 0.4) is 0 Å². The highest BCUT2D eigenvalue weighted by Gasteiger charge is 2.16. The third kappa shape index (κ3) is 2.81. The Balaban J connectivity index is 2.69. The Hall–Kier alpha value is -1.75. The van der Waals surface area contributed by atoms with Crippen LogP contribution in [-0.4, -0.2) is 11.0 Å². The Kier molecular flexibility index (Phi) is 3.95. The van der Waals surface area contributed by atoms with Gasteiger partial charge in [-0.2, -0.15) is 0 Å². The zero-order valence-corrected chi connectivity index (χ0v) is 10.4. The molecule has 2 aromatic rings. The van der Waals surface area contributed by atoms with Gasteiger partial charge in [-0.25, -0.2) is 13.2 Å². The summed E-state index contributed by atoms with van der Waals surface area (Å²) in [5, 5.41) is 0.0635. The lowest BCUT2D eigenvalue weighted by Crippen LogP contribution is -2.24. The Morgan fingerprint density at radius 3 is 2.47 bits per heavy atom. The van der Waals surface area contributed by atoms with Crippen molar-refractivity contribution in [3.8, 4) is 11.3 Å². The predicted octanol–water partition coefficient (Wildman–Crippen LogP) is 3.57. The third-order valence-electron chi connectivity index (χ3n) is 2.59. The minimum Gasteiger partial charge on any atom is -0.302 e. The Bertz CT molecular complexity index is 634. The van der Waals surface area contributed by atoms with Crippen LogP contribution in [0, 0.1) is 5.82 Å². The lowest BCUT2D eigenvalue weighted by molar-refractivity contribution is 0.126. The Morgan fingerprint density at radius 2 is 1.84 bits per heavy atom. The van der Waals surface area contributed by atoms with Gasteiger partial charge in [0.2, 0.25) is 0 Å². The number of nitrogens with zero attached hydrogens (tertiary/aromatic N) is 1. The topological polar surface area (TPSA) is 22.0 Å². The number of alkyl halides is 2. The van der Waals surface area contributed by atoms with Crippen LogP contribution in [0.2, 0.25) is 5.02 Å². The van der Waals surface area contributed by atoms with E-state index >= 15 is 0 Å². The molecular weight excluding hydrogens is 279 g/mol. The van der Waals surface area contributed by atoms with Crippen molar-refractivity contribution in [2.45, 2.75) is 13.0 Å². The molecule has 0 bridgehead atoms. The van der Waals surface area contributed by atoms with E-state index in [2.05, 4.69) is 0 Å². The van der Waals surface area contributed by atoms with Gasteiger partial charge in [0.1, 0.15) is 5.82 Å². The molecule has 1 heterocycles. The van der Waals surface area contributed by atoms with Gasteiger partial charge in [0, 0.05) is 6.07 Å². The summed E-state index contributed by atoms with van der Waals surface area (Å²) < 4.78 is 39.6.